The molecule has 1 nitrogen and oxygen atoms in total. The van der Waals surface area contributed by atoms with Crippen LogP contribution in [0.2, 0.25) is 0 Å². The fourth-order valence-electron chi connectivity index (χ4n) is 1.78. The Morgan fingerprint density at radius 3 is 2.29 bits per heavy atom. The van der Waals surface area contributed by atoms with Gasteiger partial charge in [0.05, 0.1) is 5.56 Å². The van der Waals surface area contributed by atoms with E-state index in [0.717, 1.165) is 6.07 Å². The topological polar surface area (TPSA) is 17.1 Å². The van der Waals surface area contributed by atoms with Crippen LogP contribution in [-0.2, 0) is 11.0 Å². The second-order valence-electron chi connectivity index (χ2n) is 3.73. The normalized spacial score (nSPS) is 12.7. The molecule has 0 saturated carbocycles. The van der Waals surface area contributed by atoms with Crippen molar-refractivity contribution < 1.29 is 18.0 Å². The molecule has 1 aromatic rings. The van der Waals surface area contributed by atoms with Gasteiger partial charge in [-0.05, 0) is 38.0 Å². The van der Waals surface area contributed by atoms with Gasteiger partial charge in [-0.1, -0.05) is 18.2 Å². The van der Waals surface area contributed by atoms with Gasteiger partial charge in [-0.3, -0.25) is 4.79 Å². The van der Waals surface area contributed by atoms with Gasteiger partial charge >= 0.3 is 6.18 Å². The Bertz CT molecular complexity index is 470. The number of carbonyl (C=O) groups is 1. The van der Waals surface area contributed by atoms with Crippen molar-refractivity contribution in [2.24, 2.45) is 0 Å². The molecule has 0 saturated heterocycles. The highest BCUT2D eigenvalue weighted by Gasteiger charge is 2.33. The maximum absolute atomic E-state index is 12.7. The van der Waals surface area contributed by atoms with Crippen LogP contribution in [0.3, 0.4) is 0 Å². The van der Waals surface area contributed by atoms with Crippen molar-refractivity contribution in [3.63, 3.8) is 0 Å². The highest BCUT2D eigenvalue weighted by molar-refractivity contribution is 6.19. The smallest absolute Gasteiger partial charge is 0.295 e. The van der Waals surface area contributed by atoms with Crippen LogP contribution in [0.25, 0.3) is 5.57 Å². The summed E-state index contributed by atoms with van der Waals surface area (Å²) in [7, 11) is 0. The molecule has 1 aromatic carbocycles. The van der Waals surface area contributed by atoms with Crippen molar-refractivity contribution in [3.05, 3.63) is 41.0 Å². The summed E-state index contributed by atoms with van der Waals surface area (Å²) in [4.78, 5) is 11.3. The lowest BCUT2D eigenvalue weighted by atomic mass is 9.94. The number of ketones is 1. The molecule has 0 heterocycles. The first-order valence-corrected chi connectivity index (χ1v) is 5.13. The highest BCUT2D eigenvalue weighted by Crippen LogP contribution is 2.34. The predicted octanol–water partition coefficient (Wildman–Crippen LogP) is 4.01. The van der Waals surface area contributed by atoms with E-state index in [-0.39, 0.29) is 11.3 Å². The quantitative estimate of drug-likeness (QED) is 0.716. The molecular formula is C13H13F3O. The van der Waals surface area contributed by atoms with Crippen molar-refractivity contribution in [2.45, 2.75) is 26.9 Å². The minimum Gasteiger partial charge on any atom is -0.295 e. The van der Waals surface area contributed by atoms with Gasteiger partial charge in [0.2, 0.25) is 0 Å². The van der Waals surface area contributed by atoms with Crippen LogP contribution in [0.1, 0.15) is 30.5 Å². The summed E-state index contributed by atoms with van der Waals surface area (Å²) in [5, 5.41) is 0. The summed E-state index contributed by atoms with van der Waals surface area (Å²) in [5.74, 6) is -0.241. The standard InChI is InChI=1S/C13H13F3O/c1-4-10(9(3)17)11-6-5-7-12(8(11)2)13(14,15)16/h4-7H,1-3H3/b10-4-. The SMILES string of the molecule is C/C=C(/C(C)=O)c1cccc(C(F)(F)F)c1C. The molecule has 92 valence electrons. The van der Waals surface area contributed by atoms with Crippen molar-refractivity contribution in [2.75, 3.05) is 0 Å². The number of carbonyl (C=O) groups excluding carboxylic acids is 1. The van der Waals surface area contributed by atoms with Crippen molar-refractivity contribution in [1.29, 1.82) is 0 Å². The summed E-state index contributed by atoms with van der Waals surface area (Å²) in [6.45, 7) is 4.36. The third-order valence-corrected chi connectivity index (χ3v) is 2.60. The molecule has 17 heavy (non-hydrogen) atoms. The third-order valence-electron chi connectivity index (χ3n) is 2.60. The fourth-order valence-corrected chi connectivity index (χ4v) is 1.78. The zero-order valence-electron chi connectivity index (χ0n) is 9.85. The van der Waals surface area contributed by atoms with E-state index in [0.29, 0.717) is 11.1 Å². The molecule has 0 unspecified atom stereocenters. The average molecular weight is 242 g/mol. The number of allylic oxidation sites excluding steroid dienone is 2. The zero-order valence-corrected chi connectivity index (χ0v) is 9.85. The van der Waals surface area contributed by atoms with Crippen LogP contribution >= 0.6 is 0 Å². The van der Waals surface area contributed by atoms with Gasteiger partial charge in [-0.15, -0.1) is 0 Å². The number of hydrogen-bond donors (Lipinski definition) is 0. The fraction of sp³-hybridized carbons (Fsp3) is 0.308. The number of Topliss-reactive ketones (excluding diaryl/α,β-unsaturated/α-hetero) is 1. The summed E-state index contributed by atoms with van der Waals surface area (Å²) < 4.78 is 38.1. The van der Waals surface area contributed by atoms with Crippen molar-refractivity contribution in [1.82, 2.24) is 0 Å². The van der Waals surface area contributed by atoms with Gasteiger partial charge in [0.1, 0.15) is 0 Å². The van der Waals surface area contributed by atoms with E-state index in [1.54, 1.807) is 6.92 Å². The molecule has 0 amide bonds. The summed E-state index contributed by atoms with van der Waals surface area (Å²) in [5.41, 5.74) is 0.0438. The molecule has 1 rings (SSSR count). The van der Waals surface area contributed by atoms with Crippen molar-refractivity contribution >= 4 is 11.4 Å². The first kappa shape index (κ1) is 13.5. The average Bonchev–Trinajstić information content (AvgIpc) is 2.19. The maximum atomic E-state index is 12.7. The first-order chi connectivity index (χ1) is 7.79. The molecule has 4 heteroatoms. The lowest BCUT2D eigenvalue weighted by molar-refractivity contribution is -0.138. The minimum atomic E-state index is -4.39. The summed E-state index contributed by atoms with van der Waals surface area (Å²) in [6.07, 6.45) is -2.86. The second-order valence-corrected chi connectivity index (χ2v) is 3.73. The van der Waals surface area contributed by atoms with E-state index in [4.69, 9.17) is 0 Å². The zero-order chi connectivity index (χ0) is 13.2. The molecule has 0 atom stereocenters. The molecule has 0 radical (unpaired) electrons. The molecule has 0 bridgehead atoms. The number of hydrogen-bond acceptors (Lipinski definition) is 1. The largest absolute Gasteiger partial charge is 0.416 e. The monoisotopic (exact) mass is 242 g/mol. The van der Waals surface area contributed by atoms with Gasteiger partial charge in [-0.25, -0.2) is 0 Å². The lowest BCUT2D eigenvalue weighted by Gasteiger charge is -2.14. The van der Waals surface area contributed by atoms with Gasteiger partial charge in [0, 0.05) is 5.57 Å². The predicted molar refractivity (Wildman–Crippen MR) is 60.5 cm³/mol. The van der Waals surface area contributed by atoms with Crippen LogP contribution in [0.4, 0.5) is 13.2 Å². The van der Waals surface area contributed by atoms with E-state index in [2.05, 4.69) is 0 Å². The molecule has 0 aromatic heterocycles. The highest BCUT2D eigenvalue weighted by atomic mass is 19.4. The van der Waals surface area contributed by atoms with Crippen LogP contribution in [0, 0.1) is 6.92 Å². The second kappa shape index (κ2) is 4.73. The molecule has 0 aliphatic heterocycles. The van der Waals surface area contributed by atoms with E-state index in [1.165, 1.54) is 32.1 Å². The molecule has 0 spiro atoms. The van der Waals surface area contributed by atoms with E-state index < -0.39 is 11.7 Å². The Hall–Kier alpha value is -1.58. The summed E-state index contributed by atoms with van der Waals surface area (Å²) >= 11 is 0. The van der Waals surface area contributed by atoms with Crippen LogP contribution in [0.15, 0.2) is 24.3 Å². The van der Waals surface area contributed by atoms with Crippen LogP contribution in [0.5, 0.6) is 0 Å². The van der Waals surface area contributed by atoms with E-state index in [1.807, 2.05) is 0 Å². The van der Waals surface area contributed by atoms with Crippen molar-refractivity contribution in [3.8, 4) is 0 Å². The Morgan fingerprint density at radius 1 is 1.29 bits per heavy atom. The molecule has 0 fully saturated rings. The Balaban J connectivity index is 3.44. The Morgan fingerprint density at radius 2 is 1.88 bits per heavy atom. The molecule has 0 aliphatic carbocycles. The lowest BCUT2D eigenvalue weighted by Crippen LogP contribution is -2.10. The van der Waals surface area contributed by atoms with Gasteiger partial charge in [0.25, 0.3) is 0 Å². The Kier molecular flexibility index (Phi) is 3.76. The third kappa shape index (κ3) is 2.75. The van der Waals surface area contributed by atoms with Crippen LogP contribution < -0.4 is 0 Å². The number of benzene rings is 1. The number of rotatable bonds is 2. The maximum Gasteiger partial charge on any atom is 0.416 e. The van der Waals surface area contributed by atoms with Gasteiger partial charge in [0.15, 0.2) is 5.78 Å². The number of halogens is 3. The minimum absolute atomic E-state index is 0.0864. The van der Waals surface area contributed by atoms with E-state index in [9.17, 15) is 18.0 Å². The van der Waals surface area contributed by atoms with Gasteiger partial charge in [-0.2, -0.15) is 13.2 Å². The molecular weight excluding hydrogens is 229 g/mol. The summed E-state index contributed by atoms with van der Waals surface area (Å²) in [6, 6.07) is 3.87. The molecule has 0 N–H and O–H groups in total. The van der Waals surface area contributed by atoms with Crippen LogP contribution in [-0.4, -0.2) is 5.78 Å². The van der Waals surface area contributed by atoms with E-state index >= 15 is 0 Å². The number of alkyl halides is 3. The first-order valence-electron chi connectivity index (χ1n) is 5.13. The Labute approximate surface area is 98.0 Å². The van der Waals surface area contributed by atoms with Gasteiger partial charge < -0.3 is 0 Å². The molecule has 0 aliphatic rings.